The van der Waals surface area contributed by atoms with Gasteiger partial charge in [0.2, 0.25) is 6.79 Å². The molecule has 0 unspecified atom stereocenters. The number of ether oxygens (including phenoxy) is 2. The molecule has 1 N–H and O–H groups in total. The summed E-state index contributed by atoms with van der Waals surface area (Å²) in [4.78, 5) is 38.0. The van der Waals surface area contributed by atoms with Crippen molar-refractivity contribution in [2.24, 2.45) is 0 Å². The summed E-state index contributed by atoms with van der Waals surface area (Å²) in [5.74, 6) is 0.319. The summed E-state index contributed by atoms with van der Waals surface area (Å²) < 4.78 is 10.5. The molecule has 1 heterocycles. The third-order valence-electron chi connectivity index (χ3n) is 4.82. The van der Waals surface area contributed by atoms with Crippen LogP contribution in [0.5, 0.6) is 11.5 Å². The summed E-state index contributed by atoms with van der Waals surface area (Å²) in [5, 5.41) is 2.76. The van der Waals surface area contributed by atoms with Gasteiger partial charge in [-0.1, -0.05) is 24.3 Å². The highest BCUT2D eigenvalue weighted by Gasteiger charge is 2.29. The number of carbonyl (C=O) groups excluding carboxylic acids is 3. The van der Waals surface area contributed by atoms with Gasteiger partial charge < -0.3 is 14.8 Å². The van der Waals surface area contributed by atoms with Crippen LogP contribution >= 0.6 is 0 Å². The number of hydrogen-bond donors (Lipinski definition) is 1. The lowest BCUT2D eigenvalue weighted by Crippen LogP contribution is -2.21. The Morgan fingerprint density at radius 2 is 1.43 bits per heavy atom. The van der Waals surface area contributed by atoms with Crippen molar-refractivity contribution in [1.82, 2.24) is 0 Å². The molecule has 0 radical (unpaired) electrons. The van der Waals surface area contributed by atoms with E-state index >= 15 is 0 Å². The average molecular weight is 371 g/mol. The maximum absolute atomic E-state index is 12.8. The molecule has 2 aliphatic rings. The van der Waals surface area contributed by atoms with Gasteiger partial charge in [0.15, 0.2) is 23.1 Å². The summed E-state index contributed by atoms with van der Waals surface area (Å²) in [6.45, 7) is 0.128. The molecule has 0 fully saturated rings. The Morgan fingerprint density at radius 3 is 2.21 bits per heavy atom. The van der Waals surface area contributed by atoms with Crippen molar-refractivity contribution in [3.63, 3.8) is 0 Å². The minimum absolute atomic E-state index is 0.128. The molecule has 6 nitrogen and oxygen atoms in total. The number of rotatable bonds is 2. The molecule has 0 bridgehead atoms. The number of anilines is 1. The molecular weight excluding hydrogens is 358 g/mol. The predicted molar refractivity (Wildman–Crippen MR) is 100 cm³/mol. The second kappa shape index (κ2) is 6.06. The Bertz CT molecular complexity index is 1180. The van der Waals surface area contributed by atoms with Crippen molar-refractivity contribution in [3.05, 3.63) is 88.5 Å². The zero-order valence-corrected chi connectivity index (χ0v) is 14.5. The number of fused-ring (bicyclic) bond motifs is 3. The molecular formula is C22H13NO5. The number of amides is 1. The topological polar surface area (TPSA) is 81.7 Å². The van der Waals surface area contributed by atoms with Gasteiger partial charge in [0.1, 0.15) is 0 Å². The number of nitrogens with one attached hydrogen (secondary N) is 1. The highest BCUT2D eigenvalue weighted by atomic mass is 16.7. The molecule has 3 aromatic rings. The van der Waals surface area contributed by atoms with Crippen LogP contribution in [0.2, 0.25) is 0 Å². The minimum atomic E-state index is -0.353. The maximum Gasteiger partial charge on any atom is 0.255 e. The number of carbonyl (C=O) groups is 3. The average Bonchev–Trinajstić information content (AvgIpc) is 3.20. The summed E-state index contributed by atoms with van der Waals surface area (Å²) in [6, 6.07) is 16.4. The van der Waals surface area contributed by atoms with Crippen molar-refractivity contribution in [2.75, 3.05) is 12.1 Å². The Morgan fingerprint density at radius 1 is 0.750 bits per heavy atom. The molecule has 0 saturated carbocycles. The lowest BCUT2D eigenvalue weighted by atomic mass is 9.84. The molecule has 0 saturated heterocycles. The quantitative estimate of drug-likeness (QED) is 0.584. The van der Waals surface area contributed by atoms with Gasteiger partial charge in [-0.2, -0.15) is 0 Å². The lowest BCUT2D eigenvalue weighted by molar-refractivity contribution is 0.0979. The zero-order chi connectivity index (χ0) is 19.3. The van der Waals surface area contributed by atoms with E-state index < -0.39 is 0 Å². The van der Waals surface area contributed by atoms with Crippen molar-refractivity contribution in [1.29, 1.82) is 0 Å². The van der Waals surface area contributed by atoms with Gasteiger partial charge in [0, 0.05) is 33.5 Å². The first kappa shape index (κ1) is 16.3. The van der Waals surface area contributed by atoms with Gasteiger partial charge in [0.05, 0.1) is 0 Å². The van der Waals surface area contributed by atoms with E-state index in [2.05, 4.69) is 5.32 Å². The SMILES string of the molecule is O=C(Nc1ccc2c(c1)C(=O)c1ccccc1C2=O)c1ccc2c(c1)OCO2. The molecule has 0 atom stereocenters. The van der Waals surface area contributed by atoms with Gasteiger partial charge in [-0.05, 0) is 36.4 Å². The Balaban J connectivity index is 1.46. The van der Waals surface area contributed by atoms with E-state index in [1.54, 1.807) is 54.6 Å². The fourth-order valence-corrected chi connectivity index (χ4v) is 3.42. The number of hydrogen-bond acceptors (Lipinski definition) is 5. The molecule has 28 heavy (non-hydrogen) atoms. The van der Waals surface area contributed by atoms with Gasteiger partial charge in [-0.25, -0.2) is 0 Å². The smallest absolute Gasteiger partial charge is 0.255 e. The van der Waals surface area contributed by atoms with Gasteiger partial charge in [0.25, 0.3) is 5.91 Å². The third kappa shape index (κ3) is 2.46. The van der Waals surface area contributed by atoms with Gasteiger partial charge in [-0.15, -0.1) is 0 Å². The van der Waals surface area contributed by atoms with Crippen LogP contribution in [0.25, 0.3) is 0 Å². The maximum atomic E-state index is 12.8. The van der Waals surface area contributed by atoms with E-state index in [1.807, 2.05) is 0 Å². The molecule has 1 aliphatic heterocycles. The normalized spacial score (nSPS) is 13.7. The van der Waals surface area contributed by atoms with Crippen molar-refractivity contribution >= 4 is 23.2 Å². The van der Waals surface area contributed by atoms with Crippen LogP contribution in [0.3, 0.4) is 0 Å². The van der Waals surface area contributed by atoms with Crippen LogP contribution in [0.1, 0.15) is 42.2 Å². The summed E-state index contributed by atoms with van der Waals surface area (Å²) in [6.07, 6.45) is 0. The first-order chi connectivity index (χ1) is 13.6. The summed E-state index contributed by atoms with van der Waals surface area (Å²) >= 11 is 0. The van der Waals surface area contributed by atoms with E-state index in [1.165, 1.54) is 6.07 Å². The summed E-state index contributed by atoms with van der Waals surface area (Å²) in [5.41, 5.74) is 2.23. The van der Waals surface area contributed by atoms with Crippen LogP contribution in [0, 0.1) is 0 Å². The first-order valence-electron chi connectivity index (χ1n) is 8.65. The monoisotopic (exact) mass is 371 g/mol. The fourth-order valence-electron chi connectivity index (χ4n) is 3.42. The first-order valence-corrected chi connectivity index (χ1v) is 8.65. The number of ketones is 2. The molecule has 0 spiro atoms. The molecule has 6 heteroatoms. The van der Waals surface area contributed by atoms with Crippen LogP contribution in [0.4, 0.5) is 5.69 Å². The largest absolute Gasteiger partial charge is 0.454 e. The van der Waals surface area contributed by atoms with Gasteiger partial charge in [-0.3, -0.25) is 14.4 Å². The number of benzene rings is 3. The second-order valence-corrected chi connectivity index (χ2v) is 6.49. The van der Waals surface area contributed by atoms with Crippen molar-refractivity contribution < 1.29 is 23.9 Å². The molecule has 3 aromatic carbocycles. The van der Waals surface area contributed by atoms with E-state index in [0.717, 1.165) is 0 Å². The molecule has 0 aromatic heterocycles. The highest BCUT2D eigenvalue weighted by Crippen LogP contribution is 2.33. The van der Waals surface area contributed by atoms with E-state index in [9.17, 15) is 14.4 Å². The Hall–Kier alpha value is -3.93. The van der Waals surface area contributed by atoms with E-state index in [0.29, 0.717) is 39.4 Å². The van der Waals surface area contributed by atoms with Crippen LogP contribution in [-0.4, -0.2) is 24.3 Å². The molecule has 1 aliphatic carbocycles. The zero-order valence-electron chi connectivity index (χ0n) is 14.5. The standard InChI is InChI=1S/C22H13NO5/c24-20-14-3-1-2-4-15(14)21(25)17-10-13(6-7-16(17)20)23-22(26)12-5-8-18-19(9-12)28-11-27-18/h1-10H,11H2,(H,23,26). The van der Waals surface area contributed by atoms with Crippen LogP contribution < -0.4 is 14.8 Å². The Labute approximate surface area is 159 Å². The van der Waals surface area contributed by atoms with Crippen LogP contribution in [-0.2, 0) is 0 Å². The third-order valence-corrected chi connectivity index (χ3v) is 4.82. The van der Waals surface area contributed by atoms with Crippen molar-refractivity contribution in [2.45, 2.75) is 0 Å². The summed E-state index contributed by atoms with van der Waals surface area (Å²) in [7, 11) is 0. The minimum Gasteiger partial charge on any atom is -0.454 e. The molecule has 1 amide bonds. The van der Waals surface area contributed by atoms with Gasteiger partial charge >= 0.3 is 0 Å². The fraction of sp³-hybridized carbons (Fsp3) is 0.0455. The van der Waals surface area contributed by atoms with E-state index in [4.69, 9.17) is 9.47 Å². The second-order valence-electron chi connectivity index (χ2n) is 6.49. The molecule has 136 valence electrons. The van der Waals surface area contributed by atoms with E-state index in [-0.39, 0.29) is 29.8 Å². The molecule has 5 rings (SSSR count). The predicted octanol–water partition coefficient (Wildman–Crippen LogP) is 3.44. The van der Waals surface area contributed by atoms with Crippen molar-refractivity contribution in [3.8, 4) is 11.5 Å². The lowest BCUT2D eigenvalue weighted by Gasteiger charge is -2.18. The van der Waals surface area contributed by atoms with Crippen LogP contribution in [0.15, 0.2) is 60.7 Å². The Kier molecular flexibility index (Phi) is 3.52. The highest BCUT2D eigenvalue weighted by molar-refractivity contribution is 6.28.